The fourth-order valence-corrected chi connectivity index (χ4v) is 2.75. The monoisotopic (exact) mass is 278 g/mol. The van der Waals surface area contributed by atoms with Crippen molar-refractivity contribution in [3.05, 3.63) is 33.9 Å². The number of anilines is 1. The number of nitro benzene ring substituents is 1. The summed E-state index contributed by atoms with van der Waals surface area (Å²) in [4.78, 5) is 21.2. The van der Waals surface area contributed by atoms with Gasteiger partial charge in [0, 0.05) is 18.3 Å². The molecule has 0 bridgehead atoms. The number of hydrogen-bond donors (Lipinski definition) is 2. The largest absolute Gasteiger partial charge is 0.477 e. The van der Waals surface area contributed by atoms with E-state index in [9.17, 15) is 14.9 Å². The molecule has 6 nitrogen and oxygen atoms in total. The van der Waals surface area contributed by atoms with Gasteiger partial charge in [-0.05, 0) is 30.4 Å². The van der Waals surface area contributed by atoms with Crippen LogP contribution < -0.4 is 5.32 Å². The van der Waals surface area contributed by atoms with E-state index in [2.05, 4.69) is 12.2 Å². The van der Waals surface area contributed by atoms with Crippen molar-refractivity contribution in [2.75, 3.05) is 11.9 Å². The normalized spacial score (nSPS) is 21.6. The average Bonchev–Trinajstić information content (AvgIpc) is 2.81. The smallest absolute Gasteiger partial charge is 0.342 e. The minimum atomic E-state index is -1.28. The third-order valence-corrected chi connectivity index (χ3v) is 4.03. The number of carbonyl (C=O) groups is 1. The van der Waals surface area contributed by atoms with Gasteiger partial charge >= 0.3 is 5.97 Å². The Kier molecular flexibility index (Phi) is 4.22. The molecule has 0 amide bonds. The van der Waals surface area contributed by atoms with Gasteiger partial charge in [0.15, 0.2) is 0 Å². The molecule has 2 atom stereocenters. The molecule has 1 saturated carbocycles. The van der Waals surface area contributed by atoms with Gasteiger partial charge in [0.2, 0.25) is 0 Å². The molecule has 20 heavy (non-hydrogen) atoms. The summed E-state index contributed by atoms with van der Waals surface area (Å²) in [6.45, 7) is 2.99. The lowest BCUT2D eigenvalue weighted by atomic mass is 9.98. The standard InChI is InChI=1S/C14H18N2O4/c1-9-3-2-4-10(9)8-15-11-5-6-12(14(17)18)13(7-11)16(19)20/h5-7,9-10,15H,2-4,8H2,1H3,(H,17,18). The summed E-state index contributed by atoms with van der Waals surface area (Å²) in [5, 5.41) is 23.0. The van der Waals surface area contributed by atoms with E-state index in [0.717, 1.165) is 6.54 Å². The van der Waals surface area contributed by atoms with E-state index in [1.54, 1.807) is 6.07 Å². The molecule has 108 valence electrons. The highest BCUT2D eigenvalue weighted by Gasteiger charge is 2.24. The number of rotatable bonds is 5. The predicted molar refractivity (Wildman–Crippen MR) is 75.1 cm³/mol. The van der Waals surface area contributed by atoms with Crippen LogP contribution in [0.5, 0.6) is 0 Å². The second-order valence-electron chi connectivity index (χ2n) is 5.34. The molecule has 1 aliphatic rings. The summed E-state index contributed by atoms with van der Waals surface area (Å²) in [7, 11) is 0. The number of carboxylic acid groups (broad SMARTS) is 1. The van der Waals surface area contributed by atoms with Gasteiger partial charge in [-0.15, -0.1) is 0 Å². The van der Waals surface area contributed by atoms with E-state index in [1.165, 1.54) is 31.4 Å². The maximum atomic E-state index is 10.9. The number of nitrogens with zero attached hydrogens (tertiary/aromatic N) is 1. The molecule has 2 rings (SSSR count). The highest BCUT2D eigenvalue weighted by atomic mass is 16.6. The third kappa shape index (κ3) is 3.07. The maximum absolute atomic E-state index is 10.9. The van der Waals surface area contributed by atoms with Crippen LogP contribution >= 0.6 is 0 Å². The van der Waals surface area contributed by atoms with E-state index in [1.807, 2.05) is 0 Å². The molecular weight excluding hydrogens is 260 g/mol. The molecule has 0 spiro atoms. The number of carboxylic acids is 1. The van der Waals surface area contributed by atoms with Crippen LogP contribution in [0.2, 0.25) is 0 Å². The Morgan fingerprint density at radius 2 is 2.25 bits per heavy atom. The van der Waals surface area contributed by atoms with E-state index in [-0.39, 0.29) is 11.3 Å². The Hall–Kier alpha value is -2.11. The van der Waals surface area contributed by atoms with Gasteiger partial charge in [-0.1, -0.05) is 19.8 Å². The zero-order chi connectivity index (χ0) is 14.7. The highest BCUT2D eigenvalue weighted by Crippen LogP contribution is 2.31. The van der Waals surface area contributed by atoms with E-state index in [4.69, 9.17) is 5.11 Å². The Morgan fingerprint density at radius 1 is 1.50 bits per heavy atom. The zero-order valence-electron chi connectivity index (χ0n) is 11.3. The van der Waals surface area contributed by atoms with Crippen molar-refractivity contribution >= 4 is 17.3 Å². The number of nitrogens with one attached hydrogen (secondary N) is 1. The molecule has 2 unspecified atom stereocenters. The van der Waals surface area contributed by atoms with Crippen molar-refractivity contribution in [1.82, 2.24) is 0 Å². The number of hydrogen-bond acceptors (Lipinski definition) is 4. The molecule has 1 fully saturated rings. The second-order valence-corrected chi connectivity index (χ2v) is 5.34. The molecule has 0 heterocycles. The molecular formula is C14H18N2O4. The molecule has 0 saturated heterocycles. The Balaban J connectivity index is 2.11. The summed E-state index contributed by atoms with van der Waals surface area (Å²) >= 11 is 0. The van der Waals surface area contributed by atoms with Gasteiger partial charge in [-0.25, -0.2) is 4.79 Å². The molecule has 6 heteroatoms. The van der Waals surface area contributed by atoms with Crippen molar-refractivity contribution in [3.8, 4) is 0 Å². The maximum Gasteiger partial charge on any atom is 0.342 e. The molecule has 1 aliphatic carbocycles. The summed E-state index contributed by atoms with van der Waals surface area (Å²) in [5.41, 5.74) is -0.0578. The minimum Gasteiger partial charge on any atom is -0.477 e. The van der Waals surface area contributed by atoms with Crippen LogP contribution in [0.4, 0.5) is 11.4 Å². The van der Waals surface area contributed by atoms with Crippen molar-refractivity contribution in [2.24, 2.45) is 11.8 Å². The quantitative estimate of drug-likeness (QED) is 0.637. The van der Waals surface area contributed by atoms with Crippen LogP contribution in [0.15, 0.2) is 18.2 Å². The van der Waals surface area contributed by atoms with Crippen LogP contribution in [0.1, 0.15) is 36.5 Å². The van der Waals surface area contributed by atoms with Crippen molar-refractivity contribution in [3.63, 3.8) is 0 Å². The molecule has 0 aromatic heterocycles. The van der Waals surface area contributed by atoms with Gasteiger partial charge < -0.3 is 10.4 Å². The third-order valence-electron chi connectivity index (χ3n) is 4.03. The van der Waals surface area contributed by atoms with Crippen LogP contribution in [-0.2, 0) is 0 Å². The van der Waals surface area contributed by atoms with Gasteiger partial charge in [-0.2, -0.15) is 0 Å². The second kappa shape index (κ2) is 5.90. The molecule has 2 N–H and O–H groups in total. The first-order valence-corrected chi connectivity index (χ1v) is 6.74. The first-order valence-electron chi connectivity index (χ1n) is 6.74. The Bertz CT molecular complexity index is 530. The first-order chi connectivity index (χ1) is 9.49. The van der Waals surface area contributed by atoms with Crippen LogP contribution in [0, 0.1) is 22.0 Å². The Labute approximate surface area is 117 Å². The van der Waals surface area contributed by atoms with E-state index < -0.39 is 10.9 Å². The average molecular weight is 278 g/mol. The summed E-state index contributed by atoms with van der Waals surface area (Å²) in [5.74, 6) is -0.0448. The van der Waals surface area contributed by atoms with Crippen molar-refractivity contribution < 1.29 is 14.8 Å². The number of aromatic carboxylic acids is 1. The fourth-order valence-electron chi connectivity index (χ4n) is 2.75. The van der Waals surface area contributed by atoms with E-state index >= 15 is 0 Å². The molecule has 0 radical (unpaired) electrons. The lowest BCUT2D eigenvalue weighted by Crippen LogP contribution is -2.16. The molecule has 1 aromatic rings. The summed E-state index contributed by atoms with van der Waals surface area (Å²) in [6.07, 6.45) is 3.62. The predicted octanol–water partition coefficient (Wildman–Crippen LogP) is 3.14. The Morgan fingerprint density at radius 3 is 2.80 bits per heavy atom. The zero-order valence-corrected chi connectivity index (χ0v) is 11.3. The molecule has 0 aliphatic heterocycles. The topological polar surface area (TPSA) is 92.5 Å². The lowest BCUT2D eigenvalue weighted by Gasteiger charge is -2.16. The van der Waals surface area contributed by atoms with Crippen molar-refractivity contribution in [1.29, 1.82) is 0 Å². The fraction of sp³-hybridized carbons (Fsp3) is 0.500. The van der Waals surface area contributed by atoms with Crippen LogP contribution in [-0.4, -0.2) is 22.5 Å². The van der Waals surface area contributed by atoms with Crippen LogP contribution in [0.25, 0.3) is 0 Å². The number of nitro groups is 1. The van der Waals surface area contributed by atoms with Crippen LogP contribution in [0.3, 0.4) is 0 Å². The van der Waals surface area contributed by atoms with Gasteiger partial charge in [0.05, 0.1) is 4.92 Å². The van der Waals surface area contributed by atoms with Crippen molar-refractivity contribution in [2.45, 2.75) is 26.2 Å². The lowest BCUT2D eigenvalue weighted by molar-refractivity contribution is -0.385. The van der Waals surface area contributed by atoms with Gasteiger partial charge in [0.25, 0.3) is 5.69 Å². The summed E-state index contributed by atoms with van der Waals surface area (Å²) in [6, 6.07) is 4.15. The van der Waals surface area contributed by atoms with Gasteiger partial charge in [-0.3, -0.25) is 10.1 Å². The first kappa shape index (κ1) is 14.3. The minimum absolute atomic E-state index is 0.283. The number of benzene rings is 1. The highest BCUT2D eigenvalue weighted by molar-refractivity contribution is 5.93. The van der Waals surface area contributed by atoms with Gasteiger partial charge in [0.1, 0.15) is 5.56 Å². The molecule has 1 aromatic carbocycles. The SMILES string of the molecule is CC1CCCC1CNc1ccc(C(=O)O)c([N+](=O)[O-])c1. The van der Waals surface area contributed by atoms with E-state index in [0.29, 0.717) is 17.5 Å². The summed E-state index contributed by atoms with van der Waals surface area (Å²) < 4.78 is 0.